The molecule has 0 aliphatic carbocycles. The van der Waals surface area contributed by atoms with Crippen LogP contribution in [0.25, 0.3) is 22.2 Å². The van der Waals surface area contributed by atoms with Crippen molar-refractivity contribution in [3.63, 3.8) is 0 Å². The summed E-state index contributed by atoms with van der Waals surface area (Å²) in [4.78, 5) is 22.8. The molecular formula is C29H28N6O3. The third kappa shape index (κ3) is 5.12. The molecule has 0 saturated carbocycles. The summed E-state index contributed by atoms with van der Waals surface area (Å²) >= 11 is 0. The number of aromatic nitrogens is 3. The van der Waals surface area contributed by atoms with Crippen molar-refractivity contribution < 1.29 is 14.3 Å². The number of para-hydroxylation sites is 2. The van der Waals surface area contributed by atoms with E-state index in [2.05, 4.69) is 10.4 Å². The van der Waals surface area contributed by atoms with Crippen molar-refractivity contribution in [2.45, 2.75) is 13.3 Å². The monoisotopic (exact) mass is 508 g/mol. The fraction of sp³-hybridized carbons (Fsp3) is 0.172. The van der Waals surface area contributed by atoms with Crippen LogP contribution >= 0.6 is 0 Å². The van der Waals surface area contributed by atoms with Gasteiger partial charge in [0.15, 0.2) is 5.65 Å². The Balaban J connectivity index is 1.46. The van der Waals surface area contributed by atoms with Gasteiger partial charge in [0.05, 0.1) is 31.0 Å². The summed E-state index contributed by atoms with van der Waals surface area (Å²) < 4.78 is 12.2. The lowest BCUT2D eigenvalue weighted by molar-refractivity contribution is 0.0956. The molecule has 3 N–H and O–H groups in total. The smallest absolute Gasteiger partial charge is 0.257 e. The van der Waals surface area contributed by atoms with Gasteiger partial charge in [0.1, 0.15) is 28.4 Å². The van der Waals surface area contributed by atoms with E-state index in [-0.39, 0.29) is 17.3 Å². The minimum absolute atomic E-state index is 0.166. The number of carbonyl (C=O) groups excluding carboxylic acids is 1. The molecule has 2 aromatic heterocycles. The fourth-order valence-corrected chi connectivity index (χ4v) is 4.13. The zero-order valence-corrected chi connectivity index (χ0v) is 21.2. The van der Waals surface area contributed by atoms with E-state index in [1.165, 1.54) is 4.68 Å². The molecule has 192 valence electrons. The van der Waals surface area contributed by atoms with Crippen molar-refractivity contribution in [3.05, 3.63) is 89.5 Å². The van der Waals surface area contributed by atoms with E-state index in [4.69, 9.17) is 25.2 Å². The molecular weight excluding hydrogens is 480 g/mol. The van der Waals surface area contributed by atoms with Gasteiger partial charge in [-0.1, -0.05) is 24.3 Å². The van der Waals surface area contributed by atoms with Crippen molar-refractivity contribution in [2.75, 3.05) is 26.0 Å². The van der Waals surface area contributed by atoms with Crippen LogP contribution in [0.2, 0.25) is 0 Å². The van der Waals surface area contributed by atoms with Gasteiger partial charge in [0.2, 0.25) is 0 Å². The molecule has 0 aliphatic heterocycles. The summed E-state index contributed by atoms with van der Waals surface area (Å²) in [5.74, 6) is 1.40. The number of hydrogen-bond donors (Lipinski definition) is 2. The first-order valence-corrected chi connectivity index (χ1v) is 12.3. The molecule has 9 heteroatoms. The predicted octanol–water partition coefficient (Wildman–Crippen LogP) is 4.43. The topological polar surface area (TPSA) is 117 Å². The molecule has 0 unspecified atom stereocenters. The van der Waals surface area contributed by atoms with E-state index in [1.54, 1.807) is 13.3 Å². The van der Waals surface area contributed by atoms with Gasteiger partial charge in [-0.25, -0.2) is 9.97 Å². The minimum Gasteiger partial charge on any atom is -0.497 e. The maximum absolute atomic E-state index is 13.3. The highest BCUT2D eigenvalue weighted by molar-refractivity contribution is 6.10. The number of carbonyl (C=O) groups is 1. The lowest BCUT2D eigenvalue weighted by atomic mass is 10.1. The third-order valence-electron chi connectivity index (χ3n) is 6.07. The van der Waals surface area contributed by atoms with E-state index in [1.807, 2.05) is 79.7 Å². The Morgan fingerprint density at radius 2 is 1.68 bits per heavy atom. The van der Waals surface area contributed by atoms with Crippen molar-refractivity contribution in [3.8, 4) is 11.5 Å². The maximum atomic E-state index is 13.3. The second kappa shape index (κ2) is 11.0. The van der Waals surface area contributed by atoms with E-state index >= 15 is 0 Å². The number of nitrogens with zero attached hydrogens (tertiary/aromatic N) is 4. The van der Waals surface area contributed by atoms with Crippen LogP contribution in [-0.2, 0) is 6.42 Å². The zero-order valence-electron chi connectivity index (χ0n) is 21.2. The second-order valence-corrected chi connectivity index (χ2v) is 8.56. The maximum Gasteiger partial charge on any atom is 0.257 e. The number of ether oxygens (including phenoxy) is 2. The lowest BCUT2D eigenvalue weighted by Gasteiger charge is -2.06. The zero-order chi connectivity index (χ0) is 26.5. The number of nitrogen functional groups attached to an aromatic ring is 1. The average Bonchev–Trinajstić information content (AvgIpc) is 3.21. The summed E-state index contributed by atoms with van der Waals surface area (Å²) in [5, 5.41) is 7.53. The van der Waals surface area contributed by atoms with Gasteiger partial charge in [-0.05, 0) is 73.0 Å². The first kappa shape index (κ1) is 24.8. The van der Waals surface area contributed by atoms with Crippen LogP contribution < -0.4 is 20.5 Å². The largest absolute Gasteiger partial charge is 0.497 e. The van der Waals surface area contributed by atoms with Gasteiger partial charge >= 0.3 is 0 Å². The van der Waals surface area contributed by atoms with Crippen LogP contribution in [0, 0.1) is 0 Å². The van der Waals surface area contributed by atoms with Crippen molar-refractivity contribution in [1.82, 2.24) is 20.0 Å². The number of benzene rings is 3. The molecule has 5 rings (SSSR count). The van der Waals surface area contributed by atoms with Crippen LogP contribution in [0.3, 0.4) is 0 Å². The second-order valence-electron chi connectivity index (χ2n) is 8.56. The molecule has 9 nitrogen and oxygen atoms in total. The van der Waals surface area contributed by atoms with Gasteiger partial charge in [-0.15, -0.1) is 0 Å². The Kier molecular flexibility index (Phi) is 7.17. The summed E-state index contributed by atoms with van der Waals surface area (Å²) in [6.07, 6.45) is 2.31. The molecule has 2 heterocycles. The van der Waals surface area contributed by atoms with Gasteiger partial charge < -0.3 is 20.5 Å². The quantitative estimate of drug-likeness (QED) is 0.285. The molecule has 0 saturated heterocycles. The molecule has 0 atom stereocenters. The van der Waals surface area contributed by atoms with E-state index in [0.29, 0.717) is 41.8 Å². The molecule has 0 fully saturated rings. The minimum atomic E-state index is -0.333. The lowest BCUT2D eigenvalue weighted by Crippen LogP contribution is -2.26. The molecule has 38 heavy (non-hydrogen) atoms. The number of rotatable bonds is 9. The van der Waals surface area contributed by atoms with Crippen molar-refractivity contribution in [2.24, 2.45) is 5.10 Å². The van der Waals surface area contributed by atoms with Gasteiger partial charge in [0.25, 0.3) is 5.91 Å². The third-order valence-corrected chi connectivity index (χ3v) is 6.07. The van der Waals surface area contributed by atoms with Crippen molar-refractivity contribution in [1.29, 1.82) is 0 Å². The van der Waals surface area contributed by atoms with Crippen LogP contribution in [0.1, 0.15) is 28.4 Å². The molecule has 3 aromatic carbocycles. The number of nitrogens with one attached hydrogen (secondary N) is 1. The number of hydrogen-bond acceptors (Lipinski definition) is 7. The molecule has 0 bridgehead atoms. The number of amides is 1. The van der Waals surface area contributed by atoms with Gasteiger partial charge in [-0.3, -0.25) is 4.79 Å². The van der Waals surface area contributed by atoms with Crippen LogP contribution in [0.15, 0.2) is 77.9 Å². The predicted molar refractivity (Wildman–Crippen MR) is 149 cm³/mol. The molecule has 0 radical (unpaired) electrons. The number of anilines is 1. The molecule has 5 aromatic rings. The molecule has 0 aliphatic rings. The fourth-order valence-electron chi connectivity index (χ4n) is 4.13. The Labute approximate surface area is 219 Å². The van der Waals surface area contributed by atoms with Gasteiger partial charge in [-0.2, -0.15) is 9.78 Å². The molecule has 0 spiro atoms. The van der Waals surface area contributed by atoms with E-state index < -0.39 is 0 Å². The Morgan fingerprint density at radius 3 is 2.37 bits per heavy atom. The number of methoxy groups -OCH3 is 1. The SMILES string of the molecule is CCOc1ccc(C=Nn2c(N)c(C(=O)NCCc3ccc(OC)cc3)c3nc4ccccc4nc32)cc1. The van der Waals surface area contributed by atoms with Crippen LogP contribution in [0.4, 0.5) is 5.82 Å². The summed E-state index contributed by atoms with van der Waals surface area (Å²) in [7, 11) is 1.63. The first-order valence-electron chi connectivity index (χ1n) is 12.3. The number of fused-ring (bicyclic) bond motifs is 2. The van der Waals surface area contributed by atoms with E-state index in [9.17, 15) is 4.79 Å². The highest BCUT2D eigenvalue weighted by atomic mass is 16.5. The Morgan fingerprint density at radius 1 is 1.00 bits per heavy atom. The highest BCUT2D eigenvalue weighted by Crippen LogP contribution is 2.28. The van der Waals surface area contributed by atoms with Crippen molar-refractivity contribution >= 4 is 40.1 Å². The van der Waals surface area contributed by atoms with Crippen LogP contribution in [-0.4, -0.2) is 47.0 Å². The average molecular weight is 509 g/mol. The Hall–Kier alpha value is -4.92. The Bertz CT molecular complexity index is 1610. The van der Waals surface area contributed by atoms with E-state index in [0.717, 1.165) is 22.6 Å². The molecule has 1 amide bonds. The summed E-state index contributed by atoms with van der Waals surface area (Å²) in [6, 6.07) is 22.7. The number of nitrogens with two attached hydrogens (primary N) is 1. The normalized spacial score (nSPS) is 11.3. The van der Waals surface area contributed by atoms with Crippen LogP contribution in [0.5, 0.6) is 11.5 Å². The standard InChI is InChI=1S/C29H28N6O3/c1-3-38-22-14-10-20(11-15-22)18-32-35-27(30)25(26-28(35)34-24-7-5-4-6-23(24)33-26)29(36)31-17-16-19-8-12-21(37-2)13-9-19/h4-15,18H,3,16-17,30H2,1-2H3,(H,31,36). The summed E-state index contributed by atoms with van der Waals surface area (Å²) in [5.41, 5.74) is 10.8. The first-order chi connectivity index (χ1) is 18.6. The highest BCUT2D eigenvalue weighted by Gasteiger charge is 2.24. The summed E-state index contributed by atoms with van der Waals surface area (Å²) in [6.45, 7) is 2.96. The van der Waals surface area contributed by atoms with Gasteiger partial charge in [0, 0.05) is 6.54 Å².